The highest BCUT2D eigenvalue weighted by molar-refractivity contribution is 8.18. The van der Waals surface area contributed by atoms with Crippen LogP contribution in [0.5, 0.6) is 0 Å². The summed E-state index contributed by atoms with van der Waals surface area (Å²) in [5.41, 5.74) is 4.50. The topological polar surface area (TPSA) is 68.6 Å². The predicted octanol–water partition coefficient (Wildman–Crippen LogP) is 6.42. The van der Waals surface area contributed by atoms with Gasteiger partial charge >= 0.3 is 5.97 Å². The van der Waals surface area contributed by atoms with Crippen LogP contribution in [0.15, 0.2) is 53.4 Å². The number of carbonyl (C=O) groups is 3. The maximum atomic E-state index is 13.0. The Morgan fingerprint density at radius 2 is 1.71 bits per heavy atom. The number of imide groups is 1. The SMILES string of the molecule is COC(=O)c1ccc(-n2c(C)cc(/C=C3\SC(=O)N(Cc4c(Cl)cccc4Cl)C3=O)c2C)cc1. The van der Waals surface area contributed by atoms with E-state index in [2.05, 4.69) is 0 Å². The number of thioether (sulfide) groups is 1. The maximum Gasteiger partial charge on any atom is 0.337 e. The molecule has 6 nitrogen and oxygen atoms in total. The molecule has 0 atom stereocenters. The first-order chi connectivity index (χ1) is 16.2. The smallest absolute Gasteiger partial charge is 0.337 e. The highest BCUT2D eigenvalue weighted by atomic mass is 35.5. The number of amides is 2. The first kappa shape index (κ1) is 24.1. The first-order valence-corrected chi connectivity index (χ1v) is 11.8. The second-order valence-corrected chi connectivity index (χ2v) is 9.48. The first-order valence-electron chi connectivity index (χ1n) is 10.3. The van der Waals surface area contributed by atoms with E-state index in [1.54, 1.807) is 36.4 Å². The maximum absolute atomic E-state index is 13.0. The van der Waals surface area contributed by atoms with Crippen molar-refractivity contribution in [3.8, 4) is 5.69 Å². The third-order valence-corrected chi connectivity index (χ3v) is 7.17. The van der Waals surface area contributed by atoms with E-state index in [1.165, 1.54) is 7.11 Å². The molecule has 1 aliphatic rings. The number of esters is 1. The molecule has 0 unspecified atom stereocenters. The van der Waals surface area contributed by atoms with Crippen LogP contribution >= 0.6 is 35.0 Å². The van der Waals surface area contributed by atoms with Gasteiger partial charge in [0.25, 0.3) is 11.1 Å². The number of aryl methyl sites for hydroxylation is 1. The fourth-order valence-electron chi connectivity index (χ4n) is 3.81. The average molecular weight is 515 g/mol. The molecule has 4 rings (SSSR count). The van der Waals surface area contributed by atoms with Crippen molar-refractivity contribution in [2.75, 3.05) is 7.11 Å². The van der Waals surface area contributed by atoms with Gasteiger partial charge in [-0.2, -0.15) is 0 Å². The summed E-state index contributed by atoms with van der Waals surface area (Å²) >= 11 is 13.3. The summed E-state index contributed by atoms with van der Waals surface area (Å²) in [6.45, 7) is 3.89. The van der Waals surface area contributed by atoms with Gasteiger partial charge in [-0.05, 0) is 79.7 Å². The number of hydrogen-bond acceptors (Lipinski definition) is 5. The van der Waals surface area contributed by atoms with Gasteiger partial charge in [0.15, 0.2) is 0 Å². The van der Waals surface area contributed by atoms with Gasteiger partial charge < -0.3 is 9.30 Å². The summed E-state index contributed by atoms with van der Waals surface area (Å²) in [4.78, 5) is 38.8. The summed E-state index contributed by atoms with van der Waals surface area (Å²) in [7, 11) is 1.34. The van der Waals surface area contributed by atoms with Crippen molar-refractivity contribution in [2.24, 2.45) is 0 Å². The Hall–Kier alpha value is -3.00. The number of benzene rings is 2. The number of carbonyl (C=O) groups excluding carboxylic acids is 3. The van der Waals surface area contributed by atoms with Crippen molar-refractivity contribution >= 4 is 58.2 Å². The van der Waals surface area contributed by atoms with Crippen molar-refractivity contribution in [2.45, 2.75) is 20.4 Å². The van der Waals surface area contributed by atoms with Crippen LogP contribution < -0.4 is 0 Å². The molecule has 0 bridgehead atoms. The van der Waals surface area contributed by atoms with E-state index >= 15 is 0 Å². The zero-order valence-corrected chi connectivity index (χ0v) is 20.9. The van der Waals surface area contributed by atoms with Gasteiger partial charge in [-0.3, -0.25) is 14.5 Å². The zero-order valence-electron chi connectivity index (χ0n) is 18.6. The minimum Gasteiger partial charge on any atom is -0.465 e. The van der Waals surface area contributed by atoms with Gasteiger partial charge in [0.1, 0.15) is 0 Å². The van der Waals surface area contributed by atoms with E-state index in [-0.39, 0.29) is 11.8 Å². The molecule has 1 aliphatic heterocycles. The molecule has 0 radical (unpaired) electrons. The standard InChI is InChI=1S/C25H20Cl2N2O4S/c1-14-11-17(15(2)29(14)18-9-7-16(8-10-18)24(31)33-3)12-22-23(30)28(25(32)34-22)13-19-20(26)5-4-6-21(19)27/h4-12H,13H2,1-3H3/b22-12-. The van der Waals surface area contributed by atoms with E-state index in [9.17, 15) is 14.4 Å². The Labute approximate surface area is 211 Å². The van der Waals surface area contributed by atoms with Crippen molar-refractivity contribution in [1.29, 1.82) is 0 Å². The number of ether oxygens (including phenoxy) is 1. The quantitative estimate of drug-likeness (QED) is 0.290. The lowest BCUT2D eigenvalue weighted by Crippen LogP contribution is -2.27. The summed E-state index contributed by atoms with van der Waals surface area (Å²) < 4.78 is 6.77. The number of nitrogens with zero attached hydrogens (tertiary/aromatic N) is 2. The molecule has 1 aromatic heterocycles. The lowest BCUT2D eigenvalue weighted by Gasteiger charge is -2.14. The second kappa shape index (κ2) is 9.70. The third kappa shape index (κ3) is 4.51. The highest BCUT2D eigenvalue weighted by Gasteiger charge is 2.36. The van der Waals surface area contributed by atoms with Crippen LogP contribution in [0.3, 0.4) is 0 Å². The van der Waals surface area contributed by atoms with Crippen LogP contribution in [-0.2, 0) is 16.1 Å². The number of hydrogen-bond donors (Lipinski definition) is 0. The summed E-state index contributed by atoms with van der Waals surface area (Å²) in [6, 6.07) is 14.1. The fourth-order valence-corrected chi connectivity index (χ4v) is 5.16. The largest absolute Gasteiger partial charge is 0.465 e. The summed E-state index contributed by atoms with van der Waals surface area (Å²) in [5.74, 6) is -0.791. The molecule has 0 saturated carbocycles. The van der Waals surface area contributed by atoms with Crippen molar-refractivity contribution in [3.05, 3.63) is 91.6 Å². The van der Waals surface area contributed by atoms with Crippen LogP contribution in [0.4, 0.5) is 4.79 Å². The predicted molar refractivity (Wildman–Crippen MR) is 135 cm³/mol. The van der Waals surface area contributed by atoms with E-state index in [1.807, 2.05) is 36.6 Å². The molecular formula is C25H20Cl2N2O4S. The van der Waals surface area contributed by atoms with Crippen LogP contribution in [0, 0.1) is 13.8 Å². The highest BCUT2D eigenvalue weighted by Crippen LogP contribution is 2.36. The Morgan fingerprint density at radius 3 is 2.32 bits per heavy atom. The van der Waals surface area contributed by atoms with Gasteiger partial charge in [0.05, 0.1) is 24.1 Å². The van der Waals surface area contributed by atoms with Gasteiger partial charge in [-0.1, -0.05) is 29.3 Å². The molecule has 0 N–H and O–H groups in total. The molecule has 34 heavy (non-hydrogen) atoms. The lowest BCUT2D eigenvalue weighted by molar-refractivity contribution is -0.123. The van der Waals surface area contributed by atoms with Gasteiger partial charge in [-0.25, -0.2) is 4.79 Å². The van der Waals surface area contributed by atoms with Crippen molar-refractivity contribution in [3.63, 3.8) is 0 Å². The zero-order chi connectivity index (χ0) is 24.6. The number of rotatable bonds is 5. The molecular weight excluding hydrogens is 495 g/mol. The van der Waals surface area contributed by atoms with Crippen LogP contribution in [0.1, 0.15) is 32.9 Å². The van der Waals surface area contributed by atoms with Crippen molar-refractivity contribution in [1.82, 2.24) is 9.47 Å². The molecule has 2 amide bonds. The third-order valence-electron chi connectivity index (χ3n) is 5.55. The van der Waals surface area contributed by atoms with E-state index < -0.39 is 11.9 Å². The minimum absolute atomic E-state index is 0.00603. The lowest BCUT2D eigenvalue weighted by atomic mass is 10.2. The van der Waals surface area contributed by atoms with Gasteiger partial charge in [0, 0.05) is 32.7 Å². The Morgan fingerprint density at radius 1 is 1.06 bits per heavy atom. The van der Waals surface area contributed by atoms with Gasteiger partial charge in [-0.15, -0.1) is 0 Å². The molecule has 0 spiro atoms. The Balaban J connectivity index is 1.62. The van der Waals surface area contributed by atoms with Gasteiger partial charge in [0.2, 0.25) is 0 Å². The Bertz CT molecular complexity index is 1330. The second-order valence-electron chi connectivity index (χ2n) is 7.67. The summed E-state index contributed by atoms with van der Waals surface area (Å²) in [5, 5.41) is 0.425. The monoisotopic (exact) mass is 514 g/mol. The molecule has 0 aliphatic carbocycles. The number of methoxy groups -OCH3 is 1. The van der Waals surface area contributed by atoms with E-state index in [0.29, 0.717) is 26.1 Å². The molecule has 1 saturated heterocycles. The molecule has 174 valence electrons. The van der Waals surface area contributed by atoms with Crippen LogP contribution in [0.2, 0.25) is 10.0 Å². The van der Waals surface area contributed by atoms with Crippen LogP contribution in [0.25, 0.3) is 11.8 Å². The number of halogens is 2. The molecule has 9 heteroatoms. The van der Waals surface area contributed by atoms with Crippen molar-refractivity contribution < 1.29 is 19.1 Å². The molecule has 2 aromatic carbocycles. The molecule has 3 aromatic rings. The minimum atomic E-state index is -0.401. The van der Waals surface area contributed by atoms with Crippen LogP contribution in [-0.4, -0.2) is 33.7 Å². The van der Waals surface area contributed by atoms with E-state index in [0.717, 1.165) is 39.3 Å². The number of aromatic nitrogens is 1. The fraction of sp³-hybridized carbons (Fsp3) is 0.160. The molecule has 1 fully saturated rings. The van der Waals surface area contributed by atoms with E-state index in [4.69, 9.17) is 27.9 Å². The molecule has 2 heterocycles. The summed E-state index contributed by atoms with van der Waals surface area (Å²) in [6.07, 6.45) is 1.72. The normalized spacial score (nSPS) is 14.9. The average Bonchev–Trinajstić information content (AvgIpc) is 3.24. The Kier molecular flexibility index (Phi) is 6.89.